The van der Waals surface area contributed by atoms with Crippen molar-refractivity contribution in [1.82, 2.24) is 9.97 Å². The molecule has 0 amide bonds. The summed E-state index contributed by atoms with van der Waals surface area (Å²) >= 11 is 0. The fourth-order valence-corrected chi connectivity index (χ4v) is 6.08. The first-order valence-corrected chi connectivity index (χ1v) is 13.6. The van der Waals surface area contributed by atoms with E-state index in [1.165, 1.54) is 115 Å². The number of unbranched alkanes of at least 4 members (excludes halogenated alkanes) is 4. The monoisotopic (exact) mass is 412 g/mol. The standard InChI is InChI=1S/C28H48N2/c1-3-5-6-7-8-10-24-11-13-25(14-12-24)17-20-28-29-21-27(22-30-28)26-18-15-23(9-4-2)16-19-26/h21-26H,3-20H2,1-2H3. The van der Waals surface area contributed by atoms with E-state index in [4.69, 9.17) is 9.97 Å². The second-order valence-electron chi connectivity index (χ2n) is 10.6. The normalized spacial score (nSPS) is 27.3. The third-order valence-corrected chi connectivity index (χ3v) is 8.20. The minimum Gasteiger partial charge on any atom is -0.241 e. The van der Waals surface area contributed by atoms with Crippen LogP contribution in [0.3, 0.4) is 0 Å². The van der Waals surface area contributed by atoms with E-state index in [1.807, 2.05) is 0 Å². The van der Waals surface area contributed by atoms with Crippen molar-refractivity contribution < 1.29 is 0 Å². The zero-order chi connectivity index (χ0) is 21.0. The number of hydrogen-bond acceptors (Lipinski definition) is 2. The molecule has 2 saturated carbocycles. The summed E-state index contributed by atoms with van der Waals surface area (Å²) in [4.78, 5) is 9.52. The maximum atomic E-state index is 4.76. The van der Waals surface area contributed by atoms with Gasteiger partial charge in [-0.1, -0.05) is 90.9 Å². The molecule has 0 unspecified atom stereocenters. The summed E-state index contributed by atoms with van der Waals surface area (Å²) in [5, 5.41) is 0. The average Bonchev–Trinajstić information content (AvgIpc) is 2.79. The van der Waals surface area contributed by atoms with Gasteiger partial charge in [0.05, 0.1) is 0 Å². The molecule has 2 nitrogen and oxygen atoms in total. The number of aryl methyl sites for hydroxylation is 1. The van der Waals surface area contributed by atoms with Gasteiger partial charge >= 0.3 is 0 Å². The van der Waals surface area contributed by atoms with Crippen molar-refractivity contribution in [1.29, 1.82) is 0 Å². The highest BCUT2D eigenvalue weighted by atomic mass is 14.9. The van der Waals surface area contributed by atoms with Crippen LogP contribution in [0.4, 0.5) is 0 Å². The second-order valence-corrected chi connectivity index (χ2v) is 10.6. The molecule has 0 atom stereocenters. The highest BCUT2D eigenvalue weighted by Crippen LogP contribution is 2.37. The predicted octanol–water partition coefficient (Wildman–Crippen LogP) is 8.65. The van der Waals surface area contributed by atoms with Gasteiger partial charge in [0.25, 0.3) is 0 Å². The highest BCUT2D eigenvalue weighted by Gasteiger charge is 2.23. The molecule has 0 saturated heterocycles. The summed E-state index contributed by atoms with van der Waals surface area (Å²) in [6.45, 7) is 4.62. The fourth-order valence-electron chi connectivity index (χ4n) is 6.08. The Morgan fingerprint density at radius 1 is 0.633 bits per heavy atom. The van der Waals surface area contributed by atoms with E-state index < -0.39 is 0 Å². The number of rotatable bonds is 12. The molecule has 3 rings (SSSR count). The number of aromatic nitrogens is 2. The van der Waals surface area contributed by atoms with Crippen molar-refractivity contribution in [2.75, 3.05) is 0 Å². The lowest BCUT2D eigenvalue weighted by molar-refractivity contribution is 0.248. The van der Waals surface area contributed by atoms with Gasteiger partial charge in [-0.2, -0.15) is 0 Å². The lowest BCUT2D eigenvalue weighted by Gasteiger charge is -2.29. The largest absolute Gasteiger partial charge is 0.241 e. The molecule has 1 aromatic rings. The van der Waals surface area contributed by atoms with Crippen molar-refractivity contribution >= 4 is 0 Å². The molecule has 2 fully saturated rings. The van der Waals surface area contributed by atoms with Crippen LogP contribution in [0.1, 0.15) is 140 Å². The van der Waals surface area contributed by atoms with E-state index in [2.05, 4.69) is 26.2 Å². The van der Waals surface area contributed by atoms with Gasteiger partial charge in [0, 0.05) is 18.8 Å². The fraction of sp³-hybridized carbons (Fsp3) is 0.857. The molecular formula is C28H48N2. The zero-order valence-corrected chi connectivity index (χ0v) is 20.1. The quantitative estimate of drug-likeness (QED) is 0.321. The molecule has 0 spiro atoms. The first-order valence-electron chi connectivity index (χ1n) is 13.6. The third kappa shape index (κ3) is 7.97. The van der Waals surface area contributed by atoms with E-state index in [1.54, 1.807) is 0 Å². The van der Waals surface area contributed by atoms with Crippen molar-refractivity contribution in [3.05, 3.63) is 23.8 Å². The van der Waals surface area contributed by atoms with Crippen LogP contribution >= 0.6 is 0 Å². The van der Waals surface area contributed by atoms with E-state index in [9.17, 15) is 0 Å². The van der Waals surface area contributed by atoms with E-state index in [-0.39, 0.29) is 0 Å². The van der Waals surface area contributed by atoms with E-state index in [0.29, 0.717) is 5.92 Å². The van der Waals surface area contributed by atoms with Crippen LogP contribution in [0.5, 0.6) is 0 Å². The lowest BCUT2D eigenvalue weighted by atomic mass is 9.78. The first-order chi connectivity index (χ1) is 14.8. The lowest BCUT2D eigenvalue weighted by Crippen LogP contribution is -2.16. The molecule has 0 radical (unpaired) electrons. The molecule has 2 aliphatic carbocycles. The van der Waals surface area contributed by atoms with Gasteiger partial charge in [0.15, 0.2) is 0 Å². The maximum Gasteiger partial charge on any atom is 0.128 e. The Kier molecular flexibility index (Phi) is 10.7. The Bertz CT molecular complexity index is 551. The molecule has 0 aromatic carbocycles. The Morgan fingerprint density at radius 3 is 1.83 bits per heavy atom. The SMILES string of the molecule is CCCCCCCC1CCC(CCc2ncc(C3CCC(CCC)CC3)cn2)CC1. The average molecular weight is 413 g/mol. The van der Waals surface area contributed by atoms with Crippen molar-refractivity contribution in [3.8, 4) is 0 Å². The van der Waals surface area contributed by atoms with Crippen LogP contribution in [0.2, 0.25) is 0 Å². The first kappa shape index (κ1) is 23.7. The minimum absolute atomic E-state index is 0.712. The van der Waals surface area contributed by atoms with Crippen LogP contribution in [0, 0.1) is 17.8 Å². The summed E-state index contributed by atoms with van der Waals surface area (Å²) in [5.41, 5.74) is 1.40. The van der Waals surface area contributed by atoms with Crippen molar-refractivity contribution in [2.24, 2.45) is 17.8 Å². The molecule has 1 heterocycles. The minimum atomic E-state index is 0.712. The predicted molar refractivity (Wildman–Crippen MR) is 129 cm³/mol. The molecule has 0 aliphatic heterocycles. The third-order valence-electron chi connectivity index (χ3n) is 8.20. The van der Waals surface area contributed by atoms with Crippen LogP contribution in [0.25, 0.3) is 0 Å². The molecular weight excluding hydrogens is 364 g/mol. The molecule has 30 heavy (non-hydrogen) atoms. The summed E-state index contributed by atoms with van der Waals surface area (Å²) in [7, 11) is 0. The van der Waals surface area contributed by atoms with Crippen LogP contribution < -0.4 is 0 Å². The smallest absolute Gasteiger partial charge is 0.128 e. The van der Waals surface area contributed by atoms with Crippen LogP contribution in [-0.2, 0) is 6.42 Å². The second kappa shape index (κ2) is 13.5. The van der Waals surface area contributed by atoms with Gasteiger partial charge in [-0.3, -0.25) is 0 Å². The van der Waals surface area contributed by atoms with Crippen LogP contribution in [0.15, 0.2) is 12.4 Å². The van der Waals surface area contributed by atoms with Gasteiger partial charge < -0.3 is 0 Å². The highest BCUT2D eigenvalue weighted by molar-refractivity contribution is 5.13. The van der Waals surface area contributed by atoms with E-state index in [0.717, 1.165) is 30.0 Å². The molecule has 170 valence electrons. The molecule has 0 bridgehead atoms. The summed E-state index contributed by atoms with van der Waals surface area (Å²) in [6, 6.07) is 0. The van der Waals surface area contributed by atoms with E-state index >= 15 is 0 Å². The molecule has 0 N–H and O–H groups in total. The summed E-state index contributed by atoms with van der Waals surface area (Å²) < 4.78 is 0. The van der Waals surface area contributed by atoms with Crippen LogP contribution in [-0.4, -0.2) is 9.97 Å². The number of nitrogens with zero attached hydrogens (tertiary/aromatic N) is 2. The van der Waals surface area contributed by atoms with Crippen molar-refractivity contribution in [3.63, 3.8) is 0 Å². The van der Waals surface area contributed by atoms with Gasteiger partial charge in [-0.05, 0) is 61.3 Å². The Labute approximate surface area is 187 Å². The van der Waals surface area contributed by atoms with Gasteiger partial charge in [0.1, 0.15) is 5.82 Å². The summed E-state index contributed by atoms with van der Waals surface area (Å²) in [5.74, 6) is 4.70. The molecule has 1 aromatic heterocycles. The Balaban J connectivity index is 1.30. The van der Waals surface area contributed by atoms with Crippen molar-refractivity contribution in [2.45, 2.75) is 135 Å². The van der Waals surface area contributed by atoms with Gasteiger partial charge in [-0.25, -0.2) is 9.97 Å². The molecule has 2 heteroatoms. The zero-order valence-electron chi connectivity index (χ0n) is 20.1. The topological polar surface area (TPSA) is 25.8 Å². The number of hydrogen-bond donors (Lipinski definition) is 0. The van der Waals surface area contributed by atoms with Gasteiger partial charge in [0.2, 0.25) is 0 Å². The van der Waals surface area contributed by atoms with Gasteiger partial charge in [-0.15, -0.1) is 0 Å². The Hall–Kier alpha value is -0.920. The molecule has 2 aliphatic rings. The Morgan fingerprint density at radius 2 is 1.20 bits per heavy atom. The summed E-state index contributed by atoms with van der Waals surface area (Å²) in [6.07, 6.45) is 29.4. The maximum absolute atomic E-state index is 4.76.